The highest BCUT2D eigenvalue weighted by Gasteiger charge is 2.23. The first-order valence-corrected chi connectivity index (χ1v) is 19.9. The second-order valence-corrected chi connectivity index (χ2v) is 16.1. The smallest absolute Gasteiger partial charge is 0.0892 e. The van der Waals surface area contributed by atoms with Crippen LogP contribution in [0.5, 0.6) is 0 Å². The average molecular weight is 692 g/mol. The molecule has 8 aromatic rings. The number of benzene rings is 8. The first kappa shape index (κ1) is 31.3. The van der Waals surface area contributed by atoms with Crippen LogP contribution in [0.4, 0.5) is 11.4 Å². The van der Waals surface area contributed by atoms with Crippen molar-refractivity contribution < 1.29 is 0 Å². The molecule has 0 unspecified atom stereocenters. The van der Waals surface area contributed by atoms with Crippen LogP contribution in [0, 0.1) is 0 Å². The molecule has 0 N–H and O–H groups in total. The normalized spacial score (nSPS) is 15.6. The summed E-state index contributed by atoms with van der Waals surface area (Å²) in [5.41, 5.74) is 14.7. The van der Waals surface area contributed by atoms with Crippen LogP contribution in [-0.4, -0.2) is 16.1 Å². The summed E-state index contributed by atoms with van der Waals surface area (Å²) in [4.78, 5) is 2.47. The van der Waals surface area contributed by atoms with Gasteiger partial charge >= 0.3 is 0 Å². The highest BCUT2D eigenvalue weighted by atomic mass is 28.2. The Balaban J connectivity index is 1.04. The fourth-order valence-electron chi connectivity index (χ4n) is 8.42. The molecule has 2 aliphatic rings. The van der Waals surface area contributed by atoms with Gasteiger partial charge in [0.2, 0.25) is 0 Å². The van der Waals surface area contributed by atoms with Gasteiger partial charge in [0, 0.05) is 23.5 Å². The Labute approximate surface area is 313 Å². The van der Waals surface area contributed by atoms with Crippen molar-refractivity contribution in [2.45, 2.75) is 0 Å². The quantitative estimate of drug-likeness (QED) is 0.131. The van der Waals surface area contributed by atoms with Crippen molar-refractivity contribution in [3.8, 4) is 33.4 Å². The minimum Gasteiger partial charge on any atom is -0.337 e. The molecule has 0 amide bonds. The molecule has 0 saturated carbocycles. The molecule has 0 radical (unpaired) electrons. The maximum Gasteiger partial charge on any atom is 0.0892 e. The monoisotopic (exact) mass is 691 g/mol. The molecule has 53 heavy (non-hydrogen) atoms. The van der Waals surface area contributed by atoms with E-state index in [9.17, 15) is 0 Å². The Kier molecular flexibility index (Phi) is 7.63. The fraction of sp³-hybridized carbons (Fsp3) is 0.0196. The van der Waals surface area contributed by atoms with Crippen molar-refractivity contribution in [3.05, 3.63) is 206 Å². The van der Waals surface area contributed by atoms with Crippen LogP contribution in [0.15, 0.2) is 195 Å². The predicted octanol–water partition coefficient (Wildman–Crippen LogP) is 11.2. The maximum atomic E-state index is 4.66. The van der Waals surface area contributed by atoms with Gasteiger partial charge in [-0.2, -0.15) is 0 Å². The van der Waals surface area contributed by atoms with Crippen molar-refractivity contribution in [2.24, 2.45) is 0 Å². The van der Waals surface area contributed by atoms with Crippen LogP contribution in [0.3, 0.4) is 0 Å². The third-order valence-electron chi connectivity index (χ3n) is 11.0. The van der Waals surface area contributed by atoms with Gasteiger partial charge in [-0.05, 0) is 108 Å². The van der Waals surface area contributed by atoms with E-state index in [1.807, 2.05) is 0 Å². The Hall–Kier alpha value is -6.48. The number of hydrogen-bond donors (Lipinski definition) is 0. The number of anilines is 2. The molecule has 2 aliphatic heterocycles. The molecule has 0 bridgehead atoms. The molecule has 8 aromatic carbocycles. The number of nitrogens with zero attached hydrogens (tertiary/aromatic N) is 1. The largest absolute Gasteiger partial charge is 0.337 e. The Morgan fingerprint density at radius 1 is 0.472 bits per heavy atom. The molecular formula is C51H37NSi. The molecule has 0 fully saturated rings. The second kappa shape index (κ2) is 12.9. The molecule has 250 valence electrons. The summed E-state index contributed by atoms with van der Waals surface area (Å²) in [7, 11) is -0.702. The van der Waals surface area contributed by atoms with Gasteiger partial charge in [0.25, 0.3) is 0 Å². The lowest BCUT2D eigenvalue weighted by Crippen LogP contribution is -2.24. The standard InChI is InChI=1S/C51H37NSi/c1-34-29-37(35-13-4-2-5-14-35)18-12-28-52(49-27-23-38(30-47(34)49)36-15-6-3-7-16-36)41-24-26-46-45-25-22-40(32-50(45)53-51(46)33-41)48-31-39-17-8-9-19-42(39)43-20-10-11-21-44(43)48/h2-27,29-33H,1,28,53H2/b18-12-,37-29+. The molecule has 2 heterocycles. The summed E-state index contributed by atoms with van der Waals surface area (Å²) in [5.74, 6) is 0. The van der Waals surface area contributed by atoms with Crippen molar-refractivity contribution in [3.63, 3.8) is 0 Å². The number of fused-ring (bicyclic) bond motifs is 7. The van der Waals surface area contributed by atoms with E-state index in [4.69, 9.17) is 0 Å². The second-order valence-electron chi connectivity index (χ2n) is 14.2. The van der Waals surface area contributed by atoms with Crippen molar-refractivity contribution in [1.82, 2.24) is 0 Å². The molecule has 0 aromatic heterocycles. The van der Waals surface area contributed by atoms with Gasteiger partial charge in [-0.1, -0.05) is 169 Å². The third-order valence-corrected chi connectivity index (χ3v) is 13.0. The highest BCUT2D eigenvalue weighted by molar-refractivity contribution is 6.73. The van der Waals surface area contributed by atoms with Gasteiger partial charge in [0.15, 0.2) is 0 Å². The Bertz CT molecular complexity index is 2790. The summed E-state index contributed by atoms with van der Waals surface area (Å²) in [5, 5.41) is 8.25. The van der Waals surface area contributed by atoms with Gasteiger partial charge in [0.1, 0.15) is 0 Å². The highest BCUT2D eigenvalue weighted by Crippen LogP contribution is 2.40. The third kappa shape index (κ3) is 5.56. The summed E-state index contributed by atoms with van der Waals surface area (Å²) in [6.45, 7) is 5.41. The topological polar surface area (TPSA) is 3.24 Å². The summed E-state index contributed by atoms with van der Waals surface area (Å²) < 4.78 is 0. The molecule has 1 nitrogen and oxygen atoms in total. The van der Waals surface area contributed by atoms with Crippen molar-refractivity contribution in [1.29, 1.82) is 0 Å². The van der Waals surface area contributed by atoms with Crippen molar-refractivity contribution >= 4 is 64.0 Å². The van der Waals surface area contributed by atoms with E-state index in [0.29, 0.717) is 0 Å². The Morgan fingerprint density at radius 3 is 1.94 bits per heavy atom. The van der Waals surface area contributed by atoms with Crippen LogP contribution in [-0.2, 0) is 0 Å². The Morgan fingerprint density at radius 2 is 1.13 bits per heavy atom. The number of rotatable bonds is 4. The van der Waals surface area contributed by atoms with Crippen LogP contribution < -0.4 is 15.3 Å². The van der Waals surface area contributed by atoms with E-state index in [1.54, 1.807) is 0 Å². The van der Waals surface area contributed by atoms with Crippen LogP contribution in [0.2, 0.25) is 0 Å². The summed E-state index contributed by atoms with van der Waals surface area (Å²) in [6.07, 6.45) is 6.80. The SMILES string of the molecule is C=C1/C=C(c2ccccc2)\C=C/CN(c2ccc3c(c2)[SiH2]c2cc(-c4cc5ccccc5c5ccccc45)ccc2-3)c2ccc(-c3ccccc3)cc21. The van der Waals surface area contributed by atoms with Crippen LogP contribution >= 0.6 is 0 Å². The first-order chi connectivity index (χ1) is 26.2. The van der Waals surface area contributed by atoms with Crippen LogP contribution in [0.1, 0.15) is 11.1 Å². The van der Waals surface area contributed by atoms with E-state index in [2.05, 4.69) is 200 Å². The fourth-order valence-corrected chi connectivity index (χ4v) is 10.5. The summed E-state index contributed by atoms with van der Waals surface area (Å²) >= 11 is 0. The van der Waals surface area contributed by atoms with Gasteiger partial charge < -0.3 is 4.90 Å². The van der Waals surface area contributed by atoms with Gasteiger partial charge in [-0.25, -0.2) is 0 Å². The van der Waals surface area contributed by atoms with Crippen LogP contribution in [0.25, 0.3) is 66.1 Å². The molecule has 0 spiro atoms. The lowest BCUT2D eigenvalue weighted by atomic mass is 9.92. The zero-order valence-electron chi connectivity index (χ0n) is 29.5. The molecule has 0 saturated heterocycles. The molecule has 10 rings (SSSR count). The van der Waals surface area contributed by atoms with E-state index >= 15 is 0 Å². The lowest BCUT2D eigenvalue weighted by molar-refractivity contribution is 1.10. The summed E-state index contributed by atoms with van der Waals surface area (Å²) in [6, 6.07) is 62.5. The first-order valence-electron chi connectivity index (χ1n) is 18.4. The van der Waals surface area contributed by atoms with Gasteiger partial charge in [-0.3, -0.25) is 0 Å². The van der Waals surface area contributed by atoms with Crippen molar-refractivity contribution in [2.75, 3.05) is 11.4 Å². The number of allylic oxidation sites excluding steroid dienone is 4. The molecular weight excluding hydrogens is 655 g/mol. The molecule has 2 heteroatoms. The van der Waals surface area contributed by atoms with Gasteiger partial charge in [0.05, 0.1) is 9.52 Å². The minimum absolute atomic E-state index is 0.702. The van der Waals surface area contributed by atoms with E-state index in [-0.39, 0.29) is 0 Å². The van der Waals surface area contributed by atoms with E-state index in [1.165, 1.54) is 87.8 Å². The zero-order chi connectivity index (χ0) is 35.3. The minimum atomic E-state index is -0.702. The molecule has 0 aliphatic carbocycles. The molecule has 0 atom stereocenters. The predicted molar refractivity (Wildman–Crippen MR) is 232 cm³/mol. The maximum absolute atomic E-state index is 4.66. The number of hydrogen-bond acceptors (Lipinski definition) is 1. The average Bonchev–Trinajstić information content (AvgIpc) is 3.61. The lowest BCUT2D eigenvalue weighted by Gasteiger charge is -2.27. The van der Waals surface area contributed by atoms with E-state index < -0.39 is 9.52 Å². The van der Waals surface area contributed by atoms with E-state index in [0.717, 1.165) is 17.7 Å². The zero-order valence-corrected chi connectivity index (χ0v) is 30.9. The van der Waals surface area contributed by atoms with Gasteiger partial charge in [-0.15, -0.1) is 0 Å².